The molecule has 6 heteroatoms. The van der Waals surface area contributed by atoms with Gasteiger partial charge in [-0.1, -0.05) is 27.7 Å². The molecule has 0 aromatic heterocycles. The Bertz CT molecular complexity index is 620. The number of nitro benzene ring substituents is 1. The van der Waals surface area contributed by atoms with Crippen molar-refractivity contribution in [3.63, 3.8) is 0 Å². The second kappa shape index (κ2) is 11.8. The van der Waals surface area contributed by atoms with E-state index in [1.54, 1.807) is 12.1 Å². The number of nitro groups is 1. The van der Waals surface area contributed by atoms with Crippen molar-refractivity contribution in [2.24, 2.45) is 10.2 Å². The minimum Gasteiger partial charge on any atom is -0.378 e. The average molecular weight is 330 g/mol. The Morgan fingerprint density at radius 2 is 1.17 bits per heavy atom. The van der Waals surface area contributed by atoms with Crippen molar-refractivity contribution in [2.45, 2.75) is 27.7 Å². The number of azo groups is 1. The van der Waals surface area contributed by atoms with Gasteiger partial charge in [-0.15, -0.1) is 0 Å². The van der Waals surface area contributed by atoms with Gasteiger partial charge in [0.2, 0.25) is 0 Å². The third-order valence-electron chi connectivity index (χ3n) is 2.71. The topological polar surface area (TPSA) is 71.1 Å². The largest absolute Gasteiger partial charge is 0.378 e. The maximum Gasteiger partial charge on any atom is 0.269 e. The van der Waals surface area contributed by atoms with Gasteiger partial charge >= 0.3 is 0 Å². The quantitative estimate of drug-likeness (QED) is 0.384. The Kier molecular flexibility index (Phi) is 10.4. The molecule has 0 aliphatic rings. The fourth-order valence-corrected chi connectivity index (χ4v) is 1.57. The summed E-state index contributed by atoms with van der Waals surface area (Å²) in [5.41, 5.74) is 2.43. The fourth-order valence-electron chi connectivity index (χ4n) is 1.57. The Labute approximate surface area is 144 Å². The third-order valence-corrected chi connectivity index (χ3v) is 2.71. The first kappa shape index (κ1) is 21.2. The SMILES string of the molecule is CC.CC.CN(C)c1ccc(N=Nc2ccc([N+](=O)[O-])cc2)cc1. The minimum absolute atomic E-state index is 0.0410. The highest BCUT2D eigenvalue weighted by Crippen LogP contribution is 2.22. The van der Waals surface area contributed by atoms with E-state index >= 15 is 0 Å². The van der Waals surface area contributed by atoms with E-state index in [0.29, 0.717) is 5.69 Å². The predicted molar refractivity (Wildman–Crippen MR) is 101 cm³/mol. The zero-order valence-corrected chi connectivity index (χ0v) is 15.2. The van der Waals surface area contributed by atoms with E-state index < -0.39 is 4.92 Å². The summed E-state index contributed by atoms with van der Waals surface area (Å²) in [5, 5.41) is 18.7. The molecule has 130 valence electrons. The average Bonchev–Trinajstić information content (AvgIpc) is 2.64. The Morgan fingerprint density at radius 3 is 1.50 bits per heavy atom. The van der Waals surface area contributed by atoms with E-state index in [1.807, 2.05) is 71.0 Å². The summed E-state index contributed by atoms with van der Waals surface area (Å²) in [6.07, 6.45) is 0. The summed E-state index contributed by atoms with van der Waals surface area (Å²) in [4.78, 5) is 12.1. The first-order chi connectivity index (χ1) is 11.6. The summed E-state index contributed by atoms with van der Waals surface area (Å²) in [6, 6.07) is 13.6. The highest BCUT2D eigenvalue weighted by molar-refractivity contribution is 5.52. The third kappa shape index (κ3) is 7.00. The number of anilines is 1. The molecule has 2 rings (SSSR count). The first-order valence-electron chi connectivity index (χ1n) is 8.00. The number of rotatable bonds is 4. The van der Waals surface area contributed by atoms with E-state index in [1.165, 1.54) is 12.1 Å². The predicted octanol–water partition coefficient (Wildman–Crippen LogP) is 6.13. The molecular formula is C18H26N4O2. The lowest BCUT2D eigenvalue weighted by Crippen LogP contribution is -2.07. The Balaban J connectivity index is 0.00000123. The van der Waals surface area contributed by atoms with Gasteiger partial charge in [-0.05, 0) is 36.4 Å². The first-order valence-corrected chi connectivity index (χ1v) is 8.00. The van der Waals surface area contributed by atoms with Crippen LogP contribution >= 0.6 is 0 Å². The van der Waals surface area contributed by atoms with Gasteiger partial charge in [-0.3, -0.25) is 10.1 Å². The summed E-state index contributed by atoms with van der Waals surface area (Å²) < 4.78 is 0. The second-order valence-corrected chi connectivity index (χ2v) is 4.38. The molecule has 0 radical (unpaired) electrons. The number of non-ortho nitro benzene ring substituents is 1. The summed E-state index contributed by atoms with van der Waals surface area (Å²) in [7, 11) is 3.93. The zero-order chi connectivity index (χ0) is 18.5. The Morgan fingerprint density at radius 1 is 0.792 bits per heavy atom. The van der Waals surface area contributed by atoms with Crippen molar-refractivity contribution in [3.05, 3.63) is 58.6 Å². The highest BCUT2D eigenvalue weighted by atomic mass is 16.6. The van der Waals surface area contributed by atoms with Crippen LogP contribution in [0.5, 0.6) is 0 Å². The normalized spacial score (nSPS) is 9.42. The molecule has 0 aliphatic carbocycles. The molecular weight excluding hydrogens is 304 g/mol. The van der Waals surface area contributed by atoms with Crippen LogP contribution < -0.4 is 4.90 Å². The van der Waals surface area contributed by atoms with E-state index in [0.717, 1.165) is 11.4 Å². The van der Waals surface area contributed by atoms with Crippen LogP contribution in [-0.2, 0) is 0 Å². The molecule has 24 heavy (non-hydrogen) atoms. The second-order valence-electron chi connectivity index (χ2n) is 4.38. The van der Waals surface area contributed by atoms with Gasteiger partial charge in [-0.25, -0.2) is 0 Å². The van der Waals surface area contributed by atoms with Crippen LogP contribution in [0.4, 0.5) is 22.7 Å². The van der Waals surface area contributed by atoms with Gasteiger partial charge in [0.1, 0.15) is 0 Å². The molecule has 0 unspecified atom stereocenters. The van der Waals surface area contributed by atoms with Gasteiger partial charge in [0.25, 0.3) is 5.69 Å². The molecule has 0 saturated heterocycles. The molecule has 0 N–H and O–H groups in total. The van der Waals surface area contributed by atoms with Gasteiger partial charge in [0.05, 0.1) is 16.3 Å². The van der Waals surface area contributed by atoms with Gasteiger partial charge < -0.3 is 4.90 Å². The van der Waals surface area contributed by atoms with Gasteiger partial charge in [-0.2, -0.15) is 10.2 Å². The van der Waals surface area contributed by atoms with Crippen LogP contribution in [0.3, 0.4) is 0 Å². The monoisotopic (exact) mass is 330 g/mol. The van der Waals surface area contributed by atoms with Crippen molar-refractivity contribution in [1.29, 1.82) is 0 Å². The zero-order valence-electron chi connectivity index (χ0n) is 15.2. The van der Waals surface area contributed by atoms with E-state index in [9.17, 15) is 10.1 Å². The van der Waals surface area contributed by atoms with E-state index in [2.05, 4.69) is 10.2 Å². The van der Waals surface area contributed by atoms with Crippen molar-refractivity contribution >= 4 is 22.7 Å². The van der Waals surface area contributed by atoms with Crippen LogP contribution in [0.15, 0.2) is 58.8 Å². The molecule has 0 aliphatic heterocycles. The minimum atomic E-state index is -0.444. The summed E-state index contributed by atoms with van der Waals surface area (Å²) in [6.45, 7) is 8.00. The molecule has 0 spiro atoms. The molecule has 2 aromatic carbocycles. The van der Waals surface area contributed by atoms with Crippen molar-refractivity contribution < 1.29 is 4.92 Å². The van der Waals surface area contributed by atoms with E-state index in [-0.39, 0.29) is 5.69 Å². The molecule has 0 amide bonds. The standard InChI is InChI=1S/C14H14N4O2.2C2H6/c1-17(2)13-7-3-11(4-8-13)15-16-12-5-9-14(10-6-12)18(19)20;2*1-2/h3-10H,1-2H3;2*1-2H3. The fraction of sp³-hybridized carbons (Fsp3) is 0.333. The molecule has 0 fully saturated rings. The van der Waals surface area contributed by atoms with Crippen molar-refractivity contribution in [1.82, 2.24) is 0 Å². The number of nitrogens with zero attached hydrogens (tertiary/aromatic N) is 4. The van der Waals surface area contributed by atoms with Gasteiger partial charge in [0.15, 0.2) is 0 Å². The molecule has 0 bridgehead atoms. The molecule has 0 atom stereocenters. The lowest BCUT2D eigenvalue weighted by molar-refractivity contribution is -0.384. The molecule has 0 heterocycles. The van der Waals surface area contributed by atoms with Crippen LogP contribution in [0.2, 0.25) is 0 Å². The lowest BCUT2D eigenvalue weighted by Gasteiger charge is -2.11. The smallest absolute Gasteiger partial charge is 0.269 e. The van der Waals surface area contributed by atoms with E-state index in [4.69, 9.17) is 0 Å². The van der Waals surface area contributed by atoms with Crippen molar-refractivity contribution in [3.8, 4) is 0 Å². The van der Waals surface area contributed by atoms with Crippen LogP contribution in [0, 0.1) is 10.1 Å². The van der Waals surface area contributed by atoms with Crippen LogP contribution in [0.1, 0.15) is 27.7 Å². The van der Waals surface area contributed by atoms with Gasteiger partial charge in [0, 0.05) is 31.9 Å². The molecule has 0 saturated carbocycles. The molecule has 2 aromatic rings. The summed E-state index contributed by atoms with van der Waals surface area (Å²) in [5.74, 6) is 0. The lowest BCUT2D eigenvalue weighted by atomic mass is 10.3. The number of hydrogen-bond acceptors (Lipinski definition) is 5. The maximum atomic E-state index is 10.5. The van der Waals surface area contributed by atoms with Crippen LogP contribution in [0.25, 0.3) is 0 Å². The summed E-state index contributed by atoms with van der Waals surface area (Å²) >= 11 is 0. The highest BCUT2D eigenvalue weighted by Gasteiger charge is 2.03. The Hall–Kier alpha value is -2.76. The van der Waals surface area contributed by atoms with Crippen LogP contribution in [-0.4, -0.2) is 19.0 Å². The molecule has 6 nitrogen and oxygen atoms in total. The van der Waals surface area contributed by atoms with Crippen molar-refractivity contribution in [2.75, 3.05) is 19.0 Å². The number of benzene rings is 2. The number of hydrogen-bond donors (Lipinski definition) is 0. The maximum absolute atomic E-state index is 10.5.